The van der Waals surface area contributed by atoms with Gasteiger partial charge in [0.1, 0.15) is 0 Å². The highest BCUT2D eigenvalue weighted by Crippen LogP contribution is 2.15. The highest BCUT2D eigenvalue weighted by atomic mass is 16.4. The molecule has 0 atom stereocenters. The molecule has 0 spiro atoms. The molecule has 0 N–H and O–H groups in total. The van der Waals surface area contributed by atoms with Gasteiger partial charge in [-0.25, -0.2) is 0 Å². The second-order valence-corrected chi connectivity index (χ2v) is 2.61. The van der Waals surface area contributed by atoms with Crippen LogP contribution in [0.15, 0.2) is 30.8 Å². The van der Waals surface area contributed by atoms with Gasteiger partial charge in [-0.2, -0.15) is 0 Å². The minimum atomic E-state index is -1.16. The maximum Gasteiger partial charge on any atom is 0.0721 e. The number of hydrogen-bond donors (Lipinski definition) is 0. The Hall–Kier alpha value is -1.57. The maximum absolute atomic E-state index is 10.6. The van der Waals surface area contributed by atoms with Gasteiger partial charge in [-0.3, -0.25) is 0 Å². The van der Waals surface area contributed by atoms with Crippen molar-refractivity contribution >= 4 is 11.5 Å². The Morgan fingerprint density at radius 1 is 1.33 bits per heavy atom. The van der Waals surface area contributed by atoms with Crippen LogP contribution in [0.1, 0.15) is 22.8 Å². The van der Waals surface area contributed by atoms with Crippen molar-refractivity contribution < 1.29 is 9.90 Å². The van der Waals surface area contributed by atoms with Gasteiger partial charge in [0.25, 0.3) is 0 Å². The van der Waals surface area contributed by atoms with Crippen LogP contribution in [0.4, 0.5) is 0 Å². The highest BCUT2D eigenvalue weighted by Gasteiger charge is 2.01. The van der Waals surface area contributed by atoms with Crippen LogP contribution in [-0.2, 0) is 0 Å². The van der Waals surface area contributed by atoms with Crippen LogP contribution in [0.3, 0.4) is 0 Å². The number of rotatable bonds is 2. The van der Waals surface area contributed by atoms with Gasteiger partial charge < -0.3 is 9.90 Å². The number of hydrogen-bond acceptors (Lipinski definition) is 2. The lowest BCUT2D eigenvalue weighted by atomic mass is 10.0. The first-order valence-electron chi connectivity index (χ1n) is 3.59. The monoisotopic (exact) mass is 161 g/mol. The standard InChI is InChI=1S/C10H10O2/c1-7(2)8-5-3-4-6-9(8)10(11)12/h3-6H,1H2,2H3,(H,11,12)/p-1. The average Bonchev–Trinajstić information content (AvgIpc) is 2.04. The lowest BCUT2D eigenvalue weighted by molar-refractivity contribution is -0.255. The van der Waals surface area contributed by atoms with Crippen LogP contribution in [0.25, 0.3) is 5.57 Å². The fourth-order valence-corrected chi connectivity index (χ4v) is 1.03. The predicted molar refractivity (Wildman–Crippen MR) is 45.5 cm³/mol. The van der Waals surface area contributed by atoms with E-state index in [9.17, 15) is 9.90 Å². The topological polar surface area (TPSA) is 40.1 Å². The van der Waals surface area contributed by atoms with Crippen molar-refractivity contribution in [3.63, 3.8) is 0 Å². The largest absolute Gasteiger partial charge is 0.545 e. The second kappa shape index (κ2) is 3.22. The Balaban J connectivity index is 3.27. The van der Waals surface area contributed by atoms with Crippen LogP contribution in [0.2, 0.25) is 0 Å². The zero-order valence-corrected chi connectivity index (χ0v) is 6.83. The number of carboxylic acids is 1. The molecule has 0 aromatic heterocycles. The molecule has 0 aliphatic heterocycles. The van der Waals surface area contributed by atoms with Crippen molar-refractivity contribution in [2.45, 2.75) is 6.92 Å². The van der Waals surface area contributed by atoms with E-state index in [-0.39, 0.29) is 5.56 Å². The van der Waals surface area contributed by atoms with Crippen LogP contribution in [-0.4, -0.2) is 5.97 Å². The van der Waals surface area contributed by atoms with Crippen molar-refractivity contribution in [2.75, 3.05) is 0 Å². The fourth-order valence-electron chi connectivity index (χ4n) is 1.03. The summed E-state index contributed by atoms with van der Waals surface area (Å²) >= 11 is 0. The van der Waals surface area contributed by atoms with Gasteiger partial charge in [-0.05, 0) is 12.5 Å². The molecule has 12 heavy (non-hydrogen) atoms. The first-order valence-corrected chi connectivity index (χ1v) is 3.59. The lowest BCUT2D eigenvalue weighted by Crippen LogP contribution is -2.23. The molecular weight excluding hydrogens is 152 g/mol. The zero-order chi connectivity index (χ0) is 9.14. The first-order chi connectivity index (χ1) is 5.63. The SMILES string of the molecule is C=C(C)c1ccccc1C(=O)[O-]. The molecule has 0 unspecified atom stereocenters. The van der Waals surface area contributed by atoms with E-state index in [0.29, 0.717) is 5.56 Å². The molecule has 2 nitrogen and oxygen atoms in total. The molecule has 62 valence electrons. The molecule has 0 bridgehead atoms. The van der Waals surface area contributed by atoms with Gasteiger partial charge in [-0.15, -0.1) is 0 Å². The number of carbonyl (C=O) groups excluding carboxylic acids is 1. The van der Waals surface area contributed by atoms with E-state index in [1.165, 1.54) is 6.07 Å². The molecule has 0 saturated carbocycles. The number of benzene rings is 1. The molecule has 0 radical (unpaired) electrons. The molecule has 2 heteroatoms. The van der Waals surface area contributed by atoms with Crippen LogP contribution < -0.4 is 5.11 Å². The Bertz CT molecular complexity index is 293. The number of aromatic carboxylic acids is 1. The molecule has 0 heterocycles. The van der Waals surface area contributed by atoms with E-state index in [2.05, 4.69) is 6.58 Å². The summed E-state index contributed by atoms with van der Waals surface area (Å²) in [5.41, 5.74) is 1.57. The average molecular weight is 161 g/mol. The Labute approximate surface area is 71.2 Å². The highest BCUT2D eigenvalue weighted by molar-refractivity contribution is 5.92. The van der Waals surface area contributed by atoms with Crippen LogP contribution in [0, 0.1) is 0 Å². The number of allylic oxidation sites excluding steroid dienone is 1. The zero-order valence-electron chi connectivity index (χ0n) is 6.83. The normalized spacial score (nSPS) is 9.42. The summed E-state index contributed by atoms with van der Waals surface area (Å²) in [7, 11) is 0. The smallest absolute Gasteiger partial charge is 0.0721 e. The second-order valence-electron chi connectivity index (χ2n) is 2.61. The first kappa shape index (κ1) is 8.53. The van der Waals surface area contributed by atoms with E-state index in [0.717, 1.165) is 5.57 Å². The Kier molecular flexibility index (Phi) is 2.29. The van der Waals surface area contributed by atoms with E-state index in [4.69, 9.17) is 0 Å². The summed E-state index contributed by atoms with van der Waals surface area (Å²) in [4.78, 5) is 10.6. The molecule has 1 rings (SSSR count). The molecule has 1 aromatic rings. The van der Waals surface area contributed by atoms with Crippen LogP contribution in [0.5, 0.6) is 0 Å². The third-order valence-electron chi connectivity index (χ3n) is 1.61. The van der Waals surface area contributed by atoms with Gasteiger partial charge in [0.15, 0.2) is 0 Å². The number of carboxylic acid groups (broad SMARTS) is 1. The van der Waals surface area contributed by atoms with Crippen molar-refractivity contribution in [3.05, 3.63) is 42.0 Å². The Morgan fingerprint density at radius 3 is 2.17 bits per heavy atom. The Morgan fingerprint density at radius 2 is 1.83 bits per heavy atom. The van der Waals surface area contributed by atoms with Gasteiger partial charge in [-0.1, -0.05) is 36.4 Å². The van der Waals surface area contributed by atoms with E-state index >= 15 is 0 Å². The molecule has 1 aromatic carbocycles. The van der Waals surface area contributed by atoms with E-state index < -0.39 is 5.97 Å². The van der Waals surface area contributed by atoms with Crippen molar-refractivity contribution in [1.82, 2.24) is 0 Å². The third-order valence-corrected chi connectivity index (χ3v) is 1.61. The van der Waals surface area contributed by atoms with Crippen molar-refractivity contribution in [2.24, 2.45) is 0 Å². The van der Waals surface area contributed by atoms with Gasteiger partial charge >= 0.3 is 0 Å². The fraction of sp³-hybridized carbons (Fsp3) is 0.100. The minimum absolute atomic E-state index is 0.199. The summed E-state index contributed by atoms with van der Waals surface area (Å²) in [5.74, 6) is -1.16. The molecule has 0 amide bonds. The molecule has 0 fully saturated rings. The van der Waals surface area contributed by atoms with Gasteiger partial charge in [0, 0.05) is 5.56 Å². The third kappa shape index (κ3) is 1.53. The van der Waals surface area contributed by atoms with Gasteiger partial charge in [0.2, 0.25) is 0 Å². The summed E-state index contributed by atoms with van der Waals surface area (Å²) in [6.45, 7) is 5.44. The van der Waals surface area contributed by atoms with Crippen molar-refractivity contribution in [3.8, 4) is 0 Å². The molecule has 0 aliphatic carbocycles. The quantitative estimate of drug-likeness (QED) is 0.651. The molecule has 0 saturated heterocycles. The van der Waals surface area contributed by atoms with Gasteiger partial charge in [0.05, 0.1) is 5.97 Å². The summed E-state index contributed by atoms with van der Waals surface area (Å²) in [6, 6.07) is 6.67. The molecule has 0 aliphatic rings. The lowest BCUT2D eigenvalue weighted by Gasteiger charge is -2.08. The predicted octanol–water partition coefficient (Wildman–Crippen LogP) is 1.08. The summed E-state index contributed by atoms with van der Waals surface area (Å²) in [6.07, 6.45) is 0. The maximum atomic E-state index is 10.6. The van der Waals surface area contributed by atoms with E-state index in [1.807, 2.05) is 0 Å². The van der Waals surface area contributed by atoms with Crippen molar-refractivity contribution in [1.29, 1.82) is 0 Å². The summed E-state index contributed by atoms with van der Waals surface area (Å²) in [5, 5.41) is 10.6. The summed E-state index contributed by atoms with van der Waals surface area (Å²) < 4.78 is 0. The van der Waals surface area contributed by atoms with Crippen LogP contribution >= 0.6 is 0 Å². The van der Waals surface area contributed by atoms with E-state index in [1.54, 1.807) is 25.1 Å². The minimum Gasteiger partial charge on any atom is -0.545 e. The molecular formula is C10H9O2-. The number of carbonyl (C=O) groups is 1.